The van der Waals surface area contributed by atoms with E-state index in [0.29, 0.717) is 26.1 Å². The van der Waals surface area contributed by atoms with Crippen LogP contribution in [0, 0.1) is 17.8 Å². The number of amides is 3. The Hall–Kier alpha value is -2.58. The lowest BCUT2D eigenvalue weighted by Crippen LogP contribution is -2.60. The van der Waals surface area contributed by atoms with Crippen molar-refractivity contribution in [3.63, 3.8) is 0 Å². The SMILES string of the molecule is C=CCN(Cc1ccccc1)C(=O)[C@@H]1[C@@H]2CC(C)C3(S2)C(C(=O)N(CC=C)C(C)(C)C)N(CCCO)C(=O)[C@H]13. The van der Waals surface area contributed by atoms with Crippen LogP contribution in [0.5, 0.6) is 0 Å². The second-order valence-electron chi connectivity index (χ2n) is 12.1. The van der Waals surface area contributed by atoms with Crippen LogP contribution in [-0.4, -0.2) is 85.3 Å². The van der Waals surface area contributed by atoms with Gasteiger partial charge in [0.05, 0.1) is 16.6 Å². The number of hydrogen-bond acceptors (Lipinski definition) is 5. The van der Waals surface area contributed by atoms with Crippen molar-refractivity contribution in [1.82, 2.24) is 14.7 Å². The highest BCUT2D eigenvalue weighted by molar-refractivity contribution is 8.02. The molecule has 1 aromatic carbocycles. The van der Waals surface area contributed by atoms with E-state index < -0.39 is 28.2 Å². The molecule has 39 heavy (non-hydrogen) atoms. The fourth-order valence-corrected chi connectivity index (χ4v) is 9.35. The van der Waals surface area contributed by atoms with Crippen LogP contribution in [0.2, 0.25) is 0 Å². The van der Waals surface area contributed by atoms with Gasteiger partial charge in [-0.1, -0.05) is 49.4 Å². The summed E-state index contributed by atoms with van der Waals surface area (Å²) in [6.45, 7) is 17.3. The maximum Gasteiger partial charge on any atom is 0.247 e. The largest absolute Gasteiger partial charge is 0.396 e. The minimum Gasteiger partial charge on any atom is -0.396 e. The van der Waals surface area contributed by atoms with Gasteiger partial charge in [0, 0.05) is 43.6 Å². The molecule has 8 heteroatoms. The second kappa shape index (κ2) is 11.5. The molecule has 1 spiro atoms. The first-order chi connectivity index (χ1) is 18.5. The maximum atomic E-state index is 14.4. The van der Waals surface area contributed by atoms with Crippen molar-refractivity contribution in [2.75, 3.05) is 26.2 Å². The van der Waals surface area contributed by atoms with Crippen molar-refractivity contribution < 1.29 is 19.5 Å². The standard InChI is InChI=1S/C31H43N3O4S/c1-7-15-32(20-22-13-10-9-11-14-22)27(36)24-23-19-21(3)31(39-23)25(24)28(37)33(17-12-18-35)26(31)29(38)34(16-8-2)30(4,5)6/h7-11,13-14,21,23-26,35H,1-2,12,15-20H2,3-6H3/t21?,23-,24+,25-,26?,31?/m0/s1. The molecule has 0 radical (unpaired) electrons. The predicted molar refractivity (Wildman–Crippen MR) is 156 cm³/mol. The Morgan fingerprint density at radius 1 is 1.15 bits per heavy atom. The molecule has 7 nitrogen and oxygen atoms in total. The number of aliphatic hydroxyl groups excluding tert-OH is 1. The average molecular weight is 554 g/mol. The molecule has 3 saturated heterocycles. The zero-order chi connectivity index (χ0) is 28.5. The topological polar surface area (TPSA) is 81.2 Å². The molecule has 3 fully saturated rings. The van der Waals surface area contributed by atoms with Gasteiger partial charge in [0.25, 0.3) is 0 Å². The predicted octanol–water partition coefficient (Wildman–Crippen LogP) is 3.73. The fourth-order valence-electron chi connectivity index (χ4n) is 6.94. The number of nitrogens with zero attached hydrogens (tertiary/aromatic N) is 3. The van der Waals surface area contributed by atoms with Crippen molar-refractivity contribution in [3.05, 3.63) is 61.2 Å². The Kier molecular flexibility index (Phi) is 8.67. The molecule has 6 atom stereocenters. The highest BCUT2D eigenvalue weighted by Gasteiger charge is 2.76. The normalized spacial score (nSPS) is 29.3. The second-order valence-corrected chi connectivity index (χ2v) is 13.6. The molecular formula is C31H43N3O4S. The summed E-state index contributed by atoms with van der Waals surface area (Å²) in [5.41, 5.74) is 0.550. The van der Waals surface area contributed by atoms with E-state index >= 15 is 0 Å². The summed E-state index contributed by atoms with van der Waals surface area (Å²) in [5, 5.41) is 9.61. The number of fused-ring (bicyclic) bond motifs is 1. The first kappa shape index (κ1) is 29.4. The number of aliphatic hydroxyl groups is 1. The van der Waals surface area contributed by atoms with E-state index in [2.05, 4.69) is 20.1 Å². The molecule has 0 saturated carbocycles. The maximum absolute atomic E-state index is 14.4. The van der Waals surface area contributed by atoms with E-state index in [0.717, 1.165) is 12.0 Å². The third-order valence-electron chi connectivity index (χ3n) is 8.59. The van der Waals surface area contributed by atoms with Crippen molar-refractivity contribution >= 4 is 29.5 Å². The molecule has 3 aliphatic heterocycles. The quantitative estimate of drug-likeness (QED) is 0.423. The zero-order valence-electron chi connectivity index (χ0n) is 23.7. The summed E-state index contributed by atoms with van der Waals surface area (Å²) in [6.07, 6.45) is 4.62. The Bertz CT molecular complexity index is 1100. The number of carbonyl (C=O) groups excluding carboxylic acids is 3. The van der Waals surface area contributed by atoms with E-state index in [1.807, 2.05) is 51.1 Å². The lowest BCUT2D eigenvalue weighted by atomic mass is 9.65. The molecule has 0 aliphatic carbocycles. The van der Waals surface area contributed by atoms with Gasteiger partial charge in [0.2, 0.25) is 17.7 Å². The summed E-state index contributed by atoms with van der Waals surface area (Å²) in [6, 6.07) is 9.16. The van der Waals surface area contributed by atoms with E-state index in [1.54, 1.807) is 38.6 Å². The third-order valence-corrected chi connectivity index (χ3v) is 10.7. The Morgan fingerprint density at radius 2 is 1.82 bits per heavy atom. The Labute approximate surface area is 237 Å². The molecule has 3 aliphatic rings. The van der Waals surface area contributed by atoms with Gasteiger partial charge in [0.1, 0.15) is 6.04 Å². The molecule has 0 aromatic heterocycles. The number of thioether (sulfide) groups is 1. The number of benzene rings is 1. The summed E-state index contributed by atoms with van der Waals surface area (Å²) in [7, 11) is 0. The molecule has 1 aromatic rings. The minimum atomic E-state index is -0.689. The van der Waals surface area contributed by atoms with Gasteiger partial charge >= 0.3 is 0 Å². The first-order valence-electron chi connectivity index (χ1n) is 14.0. The Balaban J connectivity index is 1.75. The van der Waals surface area contributed by atoms with Crippen LogP contribution in [0.15, 0.2) is 55.6 Å². The van der Waals surface area contributed by atoms with Gasteiger partial charge in [-0.2, -0.15) is 0 Å². The summed E-state index contributed by atoms with van der Waals surface area (Å²) in [4.78, 5) is 48.2. The van der Waals surface area contributed by atoms with Crippen LogP contribution in [0.1, 0.15) is 46.1 Å². The van der Waals surface area contributed by atoms with Crippen LogP contribution < -0.4 is 0 Å². The van der Waals surface area contributed by atoms with Crippen molar-refractivity contribution in [1.29, 1.82) is 0 Å². The monoisotopic (exact) mass is 553 g/mol. The molecule has 3 amide bonds. The summed E-state index contributed by atoms with van der Waals surface area (Å²) in [5.74, 6) is -1.27. The van der Waals surface area contributed by atoms with E-state index in [9.17, 15) is 19.5 Å². The molecule has 3 unspecified atom stereocenters. The van der Waals surface area contributed by atoms with Crippen LogP contribution in [-0.2, 0) is 20.9 Å². The van der Waals surface area contributed by atoms with Gasteiger partial charge in [-0.3, -0.25) is 14.4 Å². The van der Waals surface area contributed by atoms with Gasteiger partial charge in [-0.15, -0.1) is 24.9 Å². The number of carbonyl (C=O) groups is 3. The summed E-state index contributed by atoms with van der Waals surface area (Å²) >= 11 is 1.69. The molecule has 212 valence electrons. The van der Waals surface area contributed by atoms with E-state index in [1.165, 1.54) is 0 Å². The summed E-state index contributed by atoms with van der Waals surface area (Å²) < 4.78 is -0.689. The van der Waals surface area contributed by atoms with Gasteiger partial charge in [0.15, 0.2) is 0 Å². The lowest BCUT2D eigenvalue weighted by Gasteiger charge is -2.44. The van der Waals surface area contributed by atoms with Crippen LogP contribution in [0.4, 0.5) is 0 Å². The molecule has 4 rings (SSSR count). The van der Waals surface area contributed by atoms with Crippen molar-refractivity contribution in [3.8, 4) is 0 Å². The minimum absolute atomic E-state index is 0.0256. The van der Waals surface area contributed by atoms with Crippen molar-refractivity contribution in [2.24, 2.45) is 17.8 Å². The van der Waals surface area contributed by atoms with Crippen LogP contribution in [0.25, 0.3) is 0 Å². The van der Waals surface area contributed by atoms with Gasteiger partial charge in [-0.25, -0.2) is 0 Å². The number of hydrogen-bond donors (Lipinski definition) is 1. The van der Waals surface area contributed by atoms with Crippen LogP contribution >= 0.6 is 11.8 Å². The van der Waals surface area contributed by atoms with Gasteiger partial charge in [-0.05, 0) is 45.1 Å². The molecule has 3 heterocycles. The molecule has 2 bridgehead atoms. The lowest BCUT2D eigenvalue weighted by molar-refractivity contribution is -0.146. The van der Waals surface area contributed by atoms with Gasteiger partial charge < -0.3 is 19.8 Å². The third kappa shape index (κ3) is 5.06. The average Bonchev–Trinajstić information content (AvgIpc) is 3.48. The fraction of sp³-hybridized carbons (Fsp3) is 0.581. The number of likely N-dealkylation sites (tertiary alicyclic amines) is 1. The molecule has 1 N–H and O–H groups in total. The zero-order valence-corrected chi connectivity index (χ0v) is 24.5. The van der Waals surface area contributed by atoms with Crippen molar-refractivity contribution in [2.45, 2.75) is 68.7 Å². The highest BCUT2D eigenvalue weighted by atomic mass is 32.2. The number of rotatable bonds is 11. The highest BCUT2D eigenvalue weighted by Crippen LogP contribution is 2.69. The molecular weight excluding hydrogens is 510 g/mol. The van der Waals surface area contributed by atoms with Crippen LogP contribution in [0.3, 0.4) is 0 Å². The first-order valence-corrected chi connectivity index (χ1v) is 14.9. The van der Waals surface area contributed by atoms with E-state index in [-0.39, 0.29) is 42.0 Å². The smallest absolute Gasteiger partial charge is 0.247 e. The Morgan fingerprint density at radius 3 is 2.41 bits per heavy atom. The van der Waals surface area contributed by atoms with E-state index in [4.69, 9.17) is 0 Å².